The minimum Gasteiger partial charge on any atom is -0.310 e. The molecule has 0 aliphatic carbocycles. The van der Waals surface area contributed by atoms with Crippen LogP contribution in [0.4, 0.5) is 17.1 Å². The molecule has 0 unspecified atom stereocenters. The topological polar surface area (TPSA) is 34.0 Å². The van der Waals surface area contributed by atoms with Gasteiger partial charge in [-0.3, -0.25) is 4.98 Å². The van der Waals surface area contributed by atoms with Gasteiger partial charge in [0.15, 0.2) is 0 Å². The fourth-order valence-electron chi connectivity index (χ4n) is 8.89. The van der Waals surface area contributed by atoms with E-state index >= 15 is 0 Å². The van der Waals surface area contributed by atoms with Crippen LogP contribution in [-0.2, 0) is 0 Å². The highest BCUT2D eigenvalue weighted by Gasteiger charge is 2.19. The lowest BCUT2D eigenvalue weighted by Crippen LogP contribution is -2.12. The normalized spacial score (nSPS) is 11.6. The van der Waals surface area contributed by atoms with E-state index in [9.17, 15) is 0 Å². The second-order valence-electron chi connectivity index (χ2n) is 15.1. The lowest BCUT2D eigenvalue weighted by molar-refractivity contribution is 1.18. The molecule has 274 valence electrons. The predicted octanol–water partition coefficient (Wildman–Crippen LogP) is 14.5. The molecule has 0 saturated heterocycles. The predicted molar refractivity (Wildman–Crippen MR) is 244 cm³/mol. The highest BCUT2D eigenvalue weighted by molar-refractivity contribution is 6.23. The lowest BCUT2D eigenvalue weighted by Gasteiger charge is -2.28. The number of aryl methyl sites for hydroxylation is 2. The van der Waals surface area contributed by atoms with Crippen LogP contribution in [0.5, 0.6) is 0 Å². The molecule has 11 rings (SSSR count). The number of hydrogen-bond donors (Lipinski definition) is 0. The molecule has 0 saturated carbocycles. The summed E-state index contributed by atoms with van der Waals surface area (Å²) in [6, 6.07) is 67.4. The summed E-state index contributed by atoms with van der Waals surface area (Å²) >= 11 is 0. The summed E-state index contributed by atoms with van der Waals surface area (Å²) in [6.07, 6.45) is 1.94. The Bertz CT molecular complexity index is 3310. The van der Waals surface area contributed by atoms with Gasteiger partial charge in [0.1, 0.15) is 0 Å². The Hall–Kier alpha value is -7.56. The van der Waals surface area contributed by atoms with Gasteiger partial charge in [-0.05, 0) is 114 Å². The Morgan fingerprint density at radius 3 is 1.72 bits per heavy atom. The molecule has 0 spiro atoms. The van der Waals surface area contributed by atoms with E-state index in [0.29, 0.717) is 0 Å². The lowest BCUT2D eigenvalue weighted by atomic mass is 9.97. The van der Waals surface area contributed by atoms with Crippen molar-refractivity contribution >= 4 is 71.4 Å². The molecule has 0 fully saturated rings. The SMILES string of the molecule is Cc1cc(N(c2ccccc2)c2ccc(-c3ccc4c(c3)c3ccccc3n4-c3ccccc3)cc2)c(C)cc1-c1cnc2c3ccccc3c3ccccc3c2n1. The zero-order chi connectivity index (χ0) is 38.7. The van der Waals surface area contributed by atoms with E-state index in [2.05, 4.69) is 211 Å². The summed E-state index contributed by atoms with van der Waals surface area (Å²) < 4.78 is 2.36. The van der Waals surface area contributed by atoms with Gasteiger partial charge < -0.3 is 9.47 Å². The Morgan fingerprint density at radius 1 is 0.431 bits per heavy atom. The first-order valence-electron chi connectivity index (χ1n) is 19.8. The number of nitrogens with zero attached hydrogens (tertiary/aromatic N) is 4. The minimum absolute atomic E-state index is 0.875. The molecule has 0 N–H and O–H groups in total. The fraction of sp³-hybridized carbons (Fsp3) is 0.0370. The van der Waals surface area contributed by atoms with E-state index in [1.807, 2.05) is 6.20 Å². The zero-order valence-electron chi connectivity index (χ0n) is 32.3. The van der Waals surface area contributed by atoms with E-state index in [1.54, 1.807) is 0 Å². The van der Waals surface area contributed by atoms with E-state index in [0.717, 1.165) is 66.9 Å². The van der Waals surface area contributed by atoms with E-state index in [-0.39, 0.29) is 0 Å². The molecule has 0 aliphatic heterocycles. The summed E-state index contributed by atoms with van der Waals surface area (Å²) in [4.78, 5) is 12.8. The molecule has 0 radical (unpaired) electrons. The van der Waals surface area contributed by atoms with Gasteiger partial charge in [-0.2, -0.15) is 0 Å². The molecule has 2 aromatic heterocycles. The third-order valence-corrected chi connectivity index (χ3v) is 11.6. The molecular formula is C54H38N4. The van der Waals surface area contributed by atoms with Gasteiger partial charge in [0.25, 0.3) is 0 Å². The largest absolute Gasteiger partial charge is 0.310 e. The highest BCUT2D eigenvalue weighted by atomic mass is 15.1. The molecule has 0 amide bonds. The average molecular weight is 743 g/mol. The maximum atomic E-state index is 5.33. The van der Waals surface area contributed by atoms with Crippen LogP contribution >= 0.6 is 0 Å². The van der Waals surface area contributed by atoms with Crippen molar-refractivity contribution in [3.05, 3.63) is 205 Å². The van der Waals surface area contributed by atoms with Gasteiger partial charge in [-0.1, -0.05) is 121 Å². The molecule has 0 aliphatic rings. The Labute approximate surface area is 336 Å². The first kappa shape index (κ1) is 33.8. The molecule has 4 nitrogen and oxygen atoms in total. The van der Waals surface area contributed by atoms with Gasteiger partial charge in [-0.15, -0.1) is 0 Å². The monoisotopic (exact) mass is 742 g/mol. The van der Waals surface area contributed by atoms with E-state index < -0.39 is 0 Å². The van der Waals surface area contributed by atoms with Crippen LogP contribution in [0.25, 0.3) is 82.5 Å². The summed E-state index contributed by atoms with van der Waals surface area (Å²) in [6.45, 7) is 4.38. The zero-order valence-corrected chi connectivity index (χ0v) is 32.3. The minimum atomic E-state index is 0.875. The number of para-hydroxylation sites is 3. The maximum absolute atomic E-state index is 5.33. The van der Waals surface area contributed by atoms with Gasteiger partial charge in [-0.25, -0.2) is 4.98 Å². The van der Waals surface area contributed by atoms with Crippen LogP contribution in [0.3, 0.4) is 0 Å². The number of benzene rings is 9. The number of aromatic nitrogens is 3. The van der Waals surface area contributed by atoms with Crippen molar-refractivity contribution in [2.45, 2.75) is 13.8 Å². The summed E-state index contributed by atoms with van der Waals surface area (Å²) in [5, 5.41) is 7.14. The maximum Gasteiger partial charge on any atom is 0.0979 e. The molecule has 58 heavy (non-hydrogen) atoms. The van der Waals surface area contributed by atoms with Gasteiger partial charge in [0.2, 0.25) is 0 Å². The van der Waals surface area contributed by atoms with Gasteiger partial charge >= 0.3 is 0 Å². The van der Waals surface area contributed by atoms with Crippen molar-refractivity contribution in [1.29, 1.82) is 0 Å². The van der Waals surface area contributed by atoms with Crippen LogP contribution < -0.4 is 4.90 Å². The molecular weight excluding hydrogens is 705 g/mol. The number of hydrogen-bond acceptors (Lipinski definition) is 3. The molecule has 9 aromatic carbocycles. The highest BCUT2D eigenvalue weighted by Crippen LogP contribution is 2.42. The Morgan fingerprint density at radius 2 is 1.00 bits per heavy atom. The van der Waals surface area contributed by atoms with Crippen molar-refractivity contribution in [2.24, 2.45) is 0 Å². The summed E-state index contributed by atoms with van der Waals surface area (Å²) in [5.41, 5.74) is 15.4. The van der Waals surface area contributed by atoms with Crippen LogP contribution in [0.1, 0.15) is 11.1 Å². The molecule has 11 aromatic rings. The van der Waals surface area contributed by atoms with Crippen LogP contribution in [-0.4, -0.2) is 14.5 Å². The first-order valence-corrected chi connectivity index (χ1v) is 19.8. The second kappa shape index (κ2) is 13.6. The molecule has 0 atom stereocenters. The van der Waals surface area contributed by atoms with E-state index in [1.165, 1.54) is 43.7 Å². The van der Waals surface area contributed by atoms with Crippen molar-refractivity contribution in [3.8, 4) is 28.1 Å². The second-order valence-corrected chi connectivity index (χ2v) is 15.1. The average Bonchev–Trinajstić information content (AvgIpc) is 3.62. The van der Waals surface area contributed by atoms with Gasteiger partial charge in [0, 0.05) is 49.9 Å². The van der Waals surface area contributed by atoms with Crippen molar-refractivity contribution in [1.82, 2.24) is 14.5 Å². The van der Waals surface area contributed by atoms with Crippen molar-refractivity contribution in [2.75, 3.05) is 4.90 Å². The first-order chi connectivity index (χ1) is 28.6. The Balaban J connectivity index is 0.990. The third-order valence-electron chi connectivity index (χ3n) is 11.6. The standard InChI is InChI=1S/C54H38N4/c1-35-32-52(36(2)31-47(35)49-34-55-53-45-22-11-9-19-42(45)43-20-10-12-23-46(43)54(53)56-49)57(39-15-5-3-6-16-39)41-28-25-37(26-29-41)38-27-30-51-48(33-38)44-21-13-14-24-50(44)58(51)40-17-7-4-8-18-40/h3-34H,1-2H3. The quantitative estimate of drug-likeness (QED) is 0.159. The fourth-order valence-corrected chi connectivity index (χ4v) is 8.89. The van der Waals surface area contributed by atoms with Crippen molar-refractivity contribution in [3.63, 3.8) is 0 Å². The summed E-state index contributed by atoms with van der Waals surface area (Å²) in [7, 11) is 0. The van der Waals surface area contributed by atoms with E-state index in [4.69, 9.17) is 9.97 Å². The number of fused-ring (bicyclic) bond motifs is 9. The van der Waals surface area contributed by atoms with Gasteiger partial charge in [0.05, 0.1) is 34.0 Å². The van der Waals surface area contributed by atoms with Crippen molar-refractivity contribution < 1.29 is 0 Å². The number of rotatable bonds is 6. The molecule has 4 heteroatoms. The van der Waals surface area contributed by atoms with Crippen LogP contribution in [0, 0.1) is 13.8 Å². The molecule has 0 bridgehead atoms. The third kappa shape index (κ3) is 5.45. The van der Waals surface area contributed by atoms with Crippen LogP contribution in [0.15, 0.2) is 194 Å². The Kier molecular flexibility index (Phi) is 7.90. The number of anilines is 3. The molecule has 2 heterocycles. The smallest absolute Gasteiger partial charge is 0.0979 e. The summed E-state index contributed by atoms with van der Waals surface area (Å²) in [5.74, 6) is 0. The van der Waals surface area contributed by atoms with Crippen LogP contribution in [0.2, 0.25) is 0 Å².